The average molecular weight is 384 g/mol. The van der Waals surface area contributed by atoms with Gasteiger partial charge in [-0.05, 0) is 24.3 Å². The van der Waals surface area contributed by atoms with Gasteiger partial charge in [-0.1, -0.05) is 34.8 Å². The summed E-state index contributed by atoms with van der Waals surface area (Å²) in [5, 5.41) is 2.82. The molecule has 1 aromatic heterocycles. The van der Waals surface area contributed by atoms with E-state index >= 15 is 0 Å². The lowest BCUT2D eigenvalue weighted by atomic mass is 10.2. The second-order valence-electron chi connectivity index (χ2n) is 4.46. The highest BCUT2D eigenvalue weighted by Gasteiger charge is 2.31. The normalized spacial score (nSPS) is 11.4. The van der Waals surface area contributed by atoms with E-state index in [2.05, 4.69) is 10.3 Å². The first kappa shape index (κ1) is 17.8. The molecule has 1 aromatic carbocycles. The Hall–Kier alpha value is -1.50. The second-order valence-corrected chi connectivity index (χ2v) is 5.68. The Morgan fingerprint density at radius 2 is 1.78 bits per heavy atom. The number of aromatic nitrogens is 1. The topological polar surface area (TPSA) is 42.0 Å². The lowest BCUT2D eigenvalue weighted by Gasteiger charge is -2.10. The van der Waals surface area contributed by atoms with Gasteiger partial charge in [-0.25, -0.2) is 0 Å². The molecule has 2 aromatic rings. The molecule has 0 saturated heterocycles. The number of rotatable bonds is 3. The molecule has 0 radical (unpaired) electrons. The summed E-state index contributed by atoms with van der Waals surface area (Å²) in [6.45, 7) is -0.129. The average Bonchev–Trinajstić information content (AvgIpc) is 2.47. The lowest BCUT2D eigenvalue weighted by Crippen LogP contribution is -2.23. The smallest absolute Gasteiger partial charge is 0.346 e. The maximum Gasteiger partial charge on any atom is 0.417 e. The molecule has 1 N–H and O–H groups in total. The van der Waals surface area contributed by atoms with E-state index in [1.807, 2.05) is 0 Å². The highest BCUT2D eigenvalue weighted by atomic mass is 35.5. The summed E-state index contributed by atoms with van der Waals surface area (Å²) in [5.41, 5.74) is -0.586. The molecule has 0 aliphatic carbocycles. The van der Waals surface area contributed by atoms with Crippen molar-refractivity contribution in [1.29, 1.82) is 0 Å². The highest BCUT2D eigenvalue weighted by molar-refractivity contribution is 6.42. The Morgan fingerprint density at radius 3 is 2.35 bits per heavy atom. The predicted molar refractivity (Wildman–Crippen MR) is 81.9 cm³/mol. The van der Waals surface area contributed by atoms with Crippen LogP contribution in [0, 0.1) is 0 Å². The minimum Gasteiger partial charge on any atom is -0.346 e. The van der Waals surface area contributed by atoms with Crippen LogP contribution in [0.2, 0.25) is 15.1 Å². The number of pyridine rings is 1. The summed E-state index contributed by atoms with van der Waals surface area (Å²) in [5.74, 6) is -0.485. The first-order valence-electron chi connectivity index (χ1n) is 6.13. The molecular weight excluding hydrogens is 376 g/mol. The van der Waals surface area contributed by atoms with Crippen LogP contribution in [0.25, 0.3) is 0 Å². The first-order chi connectivity index (χ1) is 10.7. The third kappa shape index (κ3) is 4.50. The monoisotopic (exact) mass is 382 g/mol. The van der Waals surface area contributed by atoms with Crippen LogP contribution in [0.1, 0.15) is 21.6 Å². The summed E-state index contributed by atoms with van der Waals surface area (Å²) in [6.07, 6.45) is -3.87. The molecular formula is C14H8Cl3F3N2O. The quantitative estimate of drug-likeness (QED) is 0.811. The molecule has 2 rings (SSSR count). The molecule has 1 heterocycles. The zero-order chi connectivity index (χ0) is 17.2. The number of halogens is 6. The molecule has 9 heteroatoms. The molecule has 3 nitrogen and oxygen atoms in total. The number of alkyl halides is 3. The SMILES string of the molecule is O=C(NCc1ncc(C(F)(F)F)cc1Cl)c1ccc(Cl)c(Cl)c1. The van der Waals surface area contributed by atoms with Gasteiger partial charge in [0.05, 0.1) is 32.9 Å². The molecule has 122 valence electrons. The number of nitrogens with one attached hydrogen (secondary N) is 1. The van der Waals surface area contributed by atoms with Crippen molar-refractivity contribution in [2.24, 2.45) is 0 Å². The Bertz CT molecular complexity index is 751. The van der Waals surface area contributed by atoms with Crippen molar-refractivity contribution < 1.29 is 18.0 Å². The molecule has 0 aliphatic rings. The summed E-state index contributed by atoms with van der Waals surface area (Å²) < 4.78 is 37.5. The summed E-state index contributed by atoms with van der Waals surface area (Å²) in [7, 11) is 0. The molecule has 0 saturated carbocycles. The van der Waals surface area contributed by atoms with Crippen LogP contribution in [-0.2, 0) is 12.7 Å². The molecule has 0 bridgehead atoms. The number of carbonyl (C=O) groups excluding carboxylic acids is 1. The summed E-state index contributed by atoms with van der Waals surface area (Å²) in [4.78, 5) is 15.6. The van der Waals surface area contributed by atoms with Crippen LogP contribution in [-0.4, -0.2) is 10.9 Å². The van der Waals surface area contributed by atoms with Crippen LogP contribution in [0.4, 0.5) is 13.2 Å². The zero-order valence-corrected chi connectivity index (χ0v) is 13.5. The van der Waals surface area contributed by atoms with Crippen LogP contribution in [0.15, 0.2) is 30.5 Å². The Morgan fingerprint density at radius 1 is 1.09 bits per heavy atom. The van der Waals surface area contributed by atoms with E-state index in [0.717, 1.165) is 6.07 Å². The Balaban J connectivity index is 2.08. The third-order valence-corrected chi connectivity index (χ3v) is 3.91. The lowest BCUT2D eigenvalue weighted by molar-refractivity contribution is -0.137. The van der Waals surface area contributed by atoms with Gasteiger partial charge in [0.1, 0.15) is 0 Å². The number of nitrogens with zero attached hydrogens (tertiary/aromatic N) is 1. The van der Waals surface area contributed by atoms with Crippen molar-refractivity contribution in [3.63, 3.8) is 0 Å². The second kappa shape index (κ2) is 6.95. The van der Waals surface area contributed by atoms with Crippen molar-refractivity contribution >= 4 is 40.7 Å². The van der Waals surface area contributed by atoms with Crippen LogP contribution < -0.4 is 5.32 Å². The van der Waals surface area contributed by atoms with E-state index in [1.54, 1.807) is 0 Å². The maximum absolute atomic E-state index is 12.5. The largest absolute Gasteiger partial charge is 0.417 e. The standard InChI is InChI=1S/C14H8Cl3F3N2O/c15-9-2-1-7(3-10(9)16)13(23)22-6-12-11(17)4-8(5-21-12)14(18,19)20/h1-5H,6H2,(H,22,23). The molecule has 0 unspecified atom stereocenters. The van der Waals surface area contributed by atoms with Crippen LogP contribution in [0.5, 0.6) is 0 Å². The van der Waals surface area contributed by atoms with Gasteiger partial charge in [0.15, 0.2) is 0 Å². The molecule has 23 heavy (non-hydrogen) atoms. The molecule has 0 fully saturated rings. The van der Waals surface area contributed by atoms with Gasteiger partial charge < -0.3 is 5.32 Å². The minimum atomic E-state index is -4.53. The highest BCUT2D eigenvalue weighted by Crippen LogP contribution is 2.31. The van der Waals surface area contributed by atoms with Crippen molar-refractivity contribution in [3.05, 3.63) is 62.4 Å². The van der Waals surface area contributed by atoms with Crippen LogP contribution >= 0.6 is 34.8 Å². The van der Waals surface area contributed by atoms with E-state index in [4.69, 9.17) is 34.8 Å². The van der Waals surface area contributed by atoms with Crippen molar-refractivity contribution in [2.45, 2.75) is 12.7 Å². The van der Waals surface area contributed by atoms with Gasteiger partial charge in [-0.3, -0.25) is 9.78 Å². The van der Waals surface area contributed by atoms with E-state index in [0.29, 0.717) is 11.2 Å². The van der Waals surface area contributed by atoms with E-state index in [1.165, 1.54) is 18.2 Å². The van der Waals surface area contributed by atoms with Gasteiger partial charge >= 0.3 is 6.18 Å². The first-order valence-corrected chi connectivity index (χ1v) is 7.26. The predicted octanol–water partition coefficient (Wildman–Crippen LogP) is 4.99. The fourth-order valence-corrected chi connectivity index (χ4v) is 2.19. The number of hydrogen-bond acceptors (Lipinski definition) is 2. The number of amides is 1. The van der Waals surface area contributed by atoms with Crippen molar-refractivity contribution in [3.8, 4) is 0 Å². The molecule has 0 atom stereocenters. The fourth-order valence-electron chi connectivity index (χ4n) is 1.65. The maximum atomic E-state index is 12.5. The van der Waals surface area contributed by atoms with E-state index in [9.17, 15) is 18.0 Å². The van der Waals surface area contributed by atoms with Gasteiger partial charge in [0.2, 0.25) is 0 Å². The van der Waals surface area contributed by atoms with Gasteiger partial charge in [0, 0.05) is 11.8 Å². The summed E-state index contributed by atoms with van der Waals surface area (Å²) in [6, 6.07) is 5.06. The summed E-state index contributed by atoms with van der Waals surface area (Å²) >= 11 is 17.3. The zero-order valence-electron chi connectivity index (χ0n) is 11.2. The fraction of sp³-hybridized carbons (Fsp3) is 0.143. The van der Waals surface area contributed by atoms with Gasteiger partial charge in [0.25, 0.3) is 5.91 Å². The van der Waals surface area contributed by atoms with Gasteiger partial charge in [-0.2, -0.15) is 13.2 Å². The van der Waals surface area contributed by atoms with Crippen molar-refractivity contribution in [1.82, 2.24) is 10.3 Å². The number of hydrogen-bond donors (Lipinski definition) is 1. The Labute approximate surface area is 144 Å². The van der Waals surface area contributed by atoms with Crippen LogP contribution in [0.3, 0.4) is 0 Å². The molecule has 0 spiro atoms. The van der Waals surface area contributed by atoms with Gasteiger partial charge in [-0.15, -0.1) is 0 Å². The number of carbonyl (C=O) groups is 1. The molecule has 0 aliphatic heterocycles. The molecule has 1 amide bonds. The minimum absolute atomic E-state index is 0.119. The third-order valence-electron chi connectivity index (χ3n) is 2.84. The van der Waals surface area contributed by atoms with E-state index in [-0.39, 0.29) is 27.8 Å². The Kier molecular flexibility index (Phi) is 5.39. The number of benzene rings is 1. The van der Waals surface area contributed by atoms with Crippen molar-refractivity contribution in [2.75, 3.05) is 0 Å². The van der Waals surface area contributed by atoms with E-state index < -0.39 is 17.6 Å².